The van der Waals surface area contributed by atoms with Gasteiger partial charge in [0.05, 0.1) is 0 Å². The van der Waals surface area contributed by atoms with Gasteiger partial charge in [0.15, 0.2) is 0 Å². The summed E-state index contributed by atoms with van der Waals surface area (Å²) in [5.74, 6) is 0.301. The summed E-state index contributed by atoms with van der Waals surface area (Å²) in [6.07, 6.45) is 7.39. The van der Waals surface area contributed by atoms with E-state index in [0.29, 0.717) is 5.92 Å². The average molecular weight is 161 g/mol. The van der Waals surface area contributed by atoms with E-state index in [1.807, 2.05) is 12.1 Å². The zero-order chi connectivity index (χ0) is 8.39. The van der Waals surface area contributed by atoms with Crippen LogP contribution in [0.4, 0.5) is 4.39 Å². The molecule has 0 aliphatic heterocycles. The maximum Gasteiger partial charge on any atom is 0.123 e. The Labute approximate surface area is 71.7 Å². The van der Waals surface area contributed by atoms with E-state index >= 15 is 0 Å². The summed E-state index contributed by atoms with van der Waals surface area (Å²) in [6, 6.07) is 6.73. The van der Waals surface area contributed by atoms with E-state index in [0.717, 1.165) is 6.42 Å². The van der Waals surface area contributed by atoms with E-state index in [-0.39, 0.29) is 5.82 Å². The Morgan fingerprint density at radius 2 is 1.92 bits per heavy atom. The van der Waals surface area contributed by atoms with Gasteiger partial charge in [0.1, 0.15) is 5.82 Å². The van der Waals surface area contributed by atoms with Crippen LogP contribution in [0, 0.1) is 12.2 Å². The Morgan fingerprint density at radius 3 is 2.50 bits per heavy atom. The Kier molecular flexibility index (Phi) is 1.94. The average Bonchev–Trinajstić information content (AvgIpc) is 2.58. The third-order valence-corrected chi connectivity index (χ3v) is 2.17. The smallest absolute Gasteiger partial charge is 0.123 e. The van der Waals surface area contributed by atoms with Crippen molar-refractivity contribution >= 4 is 0 Å². The lowest BCUT2D eigenvalue weighted by atomic mass is 9.97. The molecule has 0 bridgehead atoms. The number of hydrogen-bond donors (Lipinski definition) is 0. The molecule has 1 heteroatoms. The SMILES string of the molecule is Fc1ccc(C2[CH]C=CC2)cc1. The van der Waals surface area contributed by atoms with Gasteiger partial charge in [-0.25, -0.2) is 4.39 Å². The first-order valence-corrected chi connectivity index (χ1v) is 4.12. The quantitative estimate of drug-likeness (QED) is 0.593. The highest BCUT2D eigenvalue weighted by Crippen LogP contribution is 2.28. The largest absolute Gasteiger partial charge is 0.207 e. The molecule has 1 unspecified atom stereocenters. The first-order valence-electron chi connectivity index (χ1n) is 4.12. The van der Waals surface area contributed by atoms with Crippen molar-refractivity contribution in [3.63, 3.8) is 0 Å². The molecular formula is C11H10F. The lowest BCUT2D eigenvalue weighted by Crippen LogP contribution is -1.92. The van der Waals surface area contributed by atoms with Crippen molar-refractivity contribution in [1.29, 1.82) is 0 Å². The molecule has 1 aliphatic carbocycles. The van der Waals surface area contributed by atoms with Crippen molar-refractivity contribution in [1.82, 2.24) is 0 Å². The van der Waals surface area contributed by atoms with Crippen LogP contribution in [0.25, 0.3) is 0 Å². The maximum atomic E-state index is 12.5. The molecule has 1 aromatic carbocycles. The normalized spacial score (nSPS) is 17.1. The number of benzene rings is 1. The molecule has 1 aromatic rings. The summed E-state index contributed by atoms with van der Waals surface area (Å²) in [4.78, 5) is 0. The zero-order valence-electron chi connectivity index (χ0n) is 6.70. The Balaban J connectivity index is 2.18. The lowest BCUT2D eigenvalue weighted by molar-refractivity contribution is 0.626. The molecule has 0 spiro atoms. The molecule has 1 aliphatic rings. The van der Waals surface area contributed by atoms with Crippen molar-refractivity contribution in [2.75, 3.05) is 0 Å². The summed E-state index contributed by atoms with van der Waals surface area (Å²) in [6.45, 7) is 0. The summed E-state index contributed by atoms with van der Waals surface area (Å²) < 4.78 is 12.5. The van der Waals surface area contributed by atoms with Crippen LogP contribution in [-0.2, 0) is 0 Å². The highest BCUT2D eigenvalue weighted by molar-refractivity contribution is 5.29. The number of rotatable bonds is 1. The predicted molar refractivity (Wildman–Crippen MR) is 47.2 cm³/mol. The van der Waals surface area contributed by atoms with E-state index < -0.39 is 0 Å². The van der Waals surface area contributed by atoms with Gasteiger partial charge >= 0.3 is 0 Å². The molecule has 0 aromatic heterocycles. The van der Waals surface area contributed by atoms with Crippen molar-refractivity contribution in [2.24, 2.45) is 0 Å². The maximum absolute atomic E-state index is 12.5. The minimum atomic E-state index is -0.162. The molecule has 1 radical (unpaired) electrons. The van der Waals surface area contributed by atoms with Gasteiger partial charge in [0.2, 0.25) is 0 Å². The van der Waals surface area contributed by atoms with Crippen LogP contribution >= 0.6 is 0 Å². The van der Waals surface area contributed by atoms with Gasteiger partial charge in [-0.1, -0.05) is 24.3 Å². The van der Waals surface area contributed by atoms with Crippen LogP contribution in [0.3, 0.4) is 0 Å². The second-order valence-corrected chi connectivity index (χ2v) is 3.01. The van der Waals surface area contributed by atoms with Crippen LogP contribution in [0.15, 0.2) is 36.4 Å². The first-order chi connectivity index (χ1) is 5.86. The van der Waals surface area contributed by atoms with E-state index in [1.54, 1.807) is 0 Å². The molecule has 12 heavy (non-hydrogen) atoms. The first kappa shape index (κ1) is 7.53. The summed E-state index contributed by atoms with van der Waals surface area (Å²) in [5, 5.41) is 0. The highest BCUT2D eigenvalue weighted by Gasteiger charge is 2.12. The summed E-state index contributed by atoms with van der Waals surface area (Å²) >= 11 is 0. The minimum absolute atomic E-state index is 0.162. The number of allylic oxidation sites excluding steroid dienone is 2. The van der Waals surface area contributed by atoms with E-state index in [4.69, 9.17) is 0 Å². The van der Waals surface area contributed by atoms with E-state index in [2.05, 4.69) is 18.6 Å². The van der Waals surface area contributed by atoms with Gasteiger partial charge in [-0.05, 0) is 36.5 Å². The standard InChI is InChI=1S/C11H10F/c12-11-7-5-10(6-8-11)9-3-1-2-4-9/h1-3,5-9H,4H2. The second kappa shape index (κ2) is 3.10. The van der Waals surface area contributed by atoms with Gasteiger partial charge in [-0.3, -0.25) is 0 Å². The highest BCUT2D eigenvalue weighted by atomic mass is 19.1. The minimum Gasteiger partial charge on any atom is -0.207 e. The van der Waals surface area contributed by atoms with Crippen molar-refractivity contribution in [3.8, 4) is 0 Å². The fourth-order valence-corrected chi connectivity index (χ4v) is 1.47. The molecular weight excluding hydrogens is 151 g/mol. The summed E-state index contributed by atoms with van der Waals surface area (Å²) in [7, 11) is 0. The molecule has 0 nitrogen and oxygen atoms in total. The van der Waals surface area contributed by atoms with Gasteiger partial charge in [-0.15, -0.1) is 0 Å². The molecule has 0 amide bonds. The van der Waals surface area contributed by atoms with Crippen molar-refractivity contribution < 1.29 is 4.39 Å². The van der Waals surface area contributed by atoms with Crippen molar-refractivity contribution in [2.45, 2.75) is 12.3 Å². The molecule has 1 atom stereocenters. The zero-order valence-corrected chi connectivity index (χ0v) is 6.70. The molecule has 0 fully saturated rings. The molecule has 2 rings (SSSR count). The van der Waals surface area contributed by atoms with Gasteiger partial charge < -0.3 is 0 Å². The molecule has 0 saturated heterocycles. The number of halogens is 1. The lowest BCUT2D eigenvalue weighted by Gasteiger charge is -2.07. The van der Waals surface area contributed by atoms with Crippen LogP contribution in [0.2, 0.25) is 0 Å². The summed E-state index contributed by atoms with van der Waals surface area (Å²) in [5.41, 5.74) is 1.20. The van der Waals surface area contributed by atoms with Crippen molar-refractivity contribution in [3.05, 3.63) is 54.2 Å². The predicted octanol–water partition coefficient (Wildman–Crippen LogP) is 3.07. The third kappa shape index (κ3) is 1.40. The fraction of sp³-hybridized carbons (Fsp3) is 0.182. The second-order valence-electron chi connectivity index (χ2n) is 3.01. The van der Waals surface area contributed by atoms with E-state index in [9.17, 15) is 4.39 Å². The molecule has 0 saturated carbocycles. The van der Waals surface area contributed by atoms with Gasteiger partial charge in [0.25, 0.3) is 0 Å². The van der Waals surface area contributed by atoms with Gasteiger partial charge in [-0.2, -0.15) is 0 Å². The van der Waals surface area contributed by atoms with Gasteiger partial charge in [0, 0.05) is 0 Å². The molecule has 0 heterocycles. The molecule has 61 valence electrons. The van der Waals surface area contributed by atoms with Crippen LogP contribution in [0.1, 0.15) is 17.9 Å². The van der Waals surface area contributed by atoms with E-state index in [1.165, 1.54) is 17.7 Å². The Bertz CT molecular complexity index is 276. The monoisotopic (exact) mass is 161 g/mol. The fourth-order valence-electron chi connectivity index (χ4n) is 1.47. The Morgan fingerprint density at radius 1 is 1.17 bits per heavy atom. The third-order valence-electron chi connectivity index (χ3n) is 2.17. The number of hydrogen-bond acceptors (Lipinski definition) is 0. The topological polar surface area (TPSA) is 0 Å². The Hall–Kier alpha value is -1.11. The van der Waals surface area contributed by atoms with Crippen LogP contribution in [0.5, 0.6) is 0 Å². The van der Waals surface area contributed by atoms with Crippen LogP contribution in [-0.4, -0.2) is 0 Å². The molecule has 0 N–H and O–H groups in total. The van der Waals surface area contributed by atoms with Crippen LogP contribution < -0.4 is 0 Å².